The second-order valence-electron chi connectivity index (χ2n) is 9.25. The Labute approximate surface area is 230 Å². The first-order valence-corrected chi connectivity index (χ1v) is 13.2. The summed E-state index contributed by atoms with van der Waals surface area (Å²) in [7, 11) is 0. The van der Waals surface area contributed by atoms with E-state index in [1.165, 1.54) is 63.1 Å². The van der Waals surface area contributed by atoms with Crippen LogP contribution < -0.4 is 23.6 Å². The Morgan fingerprint density at radius 3 is 2.36 bits per heavy atom. The van der Waals surface area contributed by atoms with Gasteiger partial charge in [-0.25, -0.2) is 0 Å². The summed E-state index contributed by atoms with van der Waals surface area (Å²) < 4.78 is 7.03. The molecule has 1 aliphatic heterocycles. The smallest absolute Gasteiger partial charge is 1.00 e. The minimum atomic E-state index is -0.789. The monoisotopic (exact) mass is 493 g/mol. The molecule has 5 rings (SSSR count). The van der Waals surface area contributed by atoms with Gasteiger partial charge in [0.25, 0.3) is 0 Å². The molecular weight excluding hydrogens is 461 g/mol. The number of benzene rings is 3. The maximum absolute atomic E-state index is 10.7. The summed E-state index contributed by atoms with van der Waals surface area (Å²) in [4.78, 5) is 14.5. The van der Waals surface area contributed by atoms with Gasteiger partial charge in [-0.15, -0.1) is 11.3 Å². The first-order chi connectivity index (χ1) is 17.2. The van der Waals surface area contributed by atoms with Gasteiger partial charge in [-0.3, -0.25) is 9.69 Å². The number of carbonyl (C=O) groups is 1. The molecule has 2 heterocycles. The molecule has 0 spiro atoms. The Kier molecular flexibility index (Phi) is 9.28. The Hall–Kier alpha value is -2.55. The van der Waals surface area contributed by atoms with Crippen LogP contribution in [0.4, 0.5) is 0 Å². The summed E-state index contributed by atoms with van der Waals surface area (Å²) >= 11 is 1.84. The van der Waals surface area contributed by atoms with E-state index < -0.39 is 5.97 Å². The molecule has 0 atom stereocenters. The minimum absolute atomic E-state index is 0. The molecule has 0 amide bonds. The van der Waals surface area contributed by atoms with Crippen molar-refractivity contribution in [3.8, 4) is 16.2 Å². The van der Waals surface area contributed by atoms with Crippen molar-refractivity contribution >= 4 is 27.4 Å². The molecule has 4 nitrogen and oxygen atoms in total. The van der Waals surface area contributed by atoms with Gasteiger partial charge in [0.1, 0.15) is 5.75 Å². The van der Waals surface area contributed by atoms with E-state index in [1.807, 2.05) is 23.5 Å². The van der Waals surface area contributed by atoms with Crippen molar-refractivity contribution in [1.82, 2.24) is 4.90 Å². The third-order valence-electron chi connectivity index (χ3n) is 6.63. The standard InChI is InChI=1S/C30H31NO3S.Li.H/c32-29(33)8-5-19-34-25-15-13-24(14-16-25)30-27(26-6-1-2-7-28(26)35-30)20-22-9-11-23(12-10-22)21-31-17-3-4-18-31;;/h1-2,6-7,9-16H,3-5,8,17-21H2,(H,32,33);;/q;+1;-1. The number of carboxylic acid groups (broad SMARTS) is 1. The maximum Gasteiger partial charge on any atom is 1.00 e. The molecule has 182 valence electrons. The van der Waals surface area contributed by atoms with Crippen molar-refractivity contribution in [2.75, 3.05) is 19.7 Å². The zero-order valence-electron chi connectivity index (χ0n) is 21.9. The van der Waals surface area contributed by atoms with Gasteiger partial charge in [0.2, 0.25) is 0 Å². The Morgan fingerprint density at radius 2 is 1.64 bits per heavy atom. The SMILES string of the molecule is O=C(O)CCCOc1ccc(-c2sc3ccccc3c2Cc2ccc(CN3CCCC3)cc2)cc1.[H-].[Li+]. The van der Waals surface area contributed by atoms with Crippen LogP contribution in [0.1, 0.15) is 43.8 Å². The Morgan fingerprint density at radius 1 is 0.944 bits per heavy atom. The average Bonchev–Trinajstić information content (AvgIpc) is 3.51. The van der Waals surface area contributed by atoms with Crippen molar-refractivity contribution in [2.24, 2.45) is 0 Å². The molecule has 0 radical (unpaired) electrons. The van der Waals surface area contributed by atoms with Gasteiger partial charge >= 0.3 is 24.8 Å². The summed E-state index contributed by atoms with van der Waals surface area (Å²) in [6, 6.07) is 26.0. The van der Waals surface area contributed by atoms with E-state index in [9.17, 15) is 4.79 Å². The van der Waals surface area contributed by atoms with Crippen LogP contribution in [-0.4, -0.2) is 35.7 Å². The fraction of sp³-hybridized carbons (Fsp3) is 0.300. The molecule has 1 aromatic heterocycles. The number of hydrogen-bond donors (Lipinski definition) is 1. The Balaban J connectivity index is 0.00000190. The van der Waals surface area contributed by atoms with Gasteiger partial charge in [-0.05, 0) is 96.7 Å². The fourth-order valence-corrected chi connectivity index (χ4v) is 6.02. The van der Waals surface area contributed by atoms with Crippen LogP contribution in [0.25, 0.3) is 20.5 Å². The zero-order chi connectivity index (χ0) is 24.0. The molecule has 0 aliphatic carbocycles. The van der Waals surface area contributed by atoms with Crippen LogP contribution in [0, 0.1) is 0 Å². The fourth-order valence-electron chi connectivity index (χ4n) is 4.79. The van der Waals surface area contributed by atoms with E-state index >= 15 is 0 Å². The molecule has 1 saturated heterocycles. The number of rotatable bonds is 10. The molecule has 0 bridgehead atoms. The predicted octanol–water partition coefficient (Wildman–Crippen LogP) is 4.12. The molecule has 6 heteroatoms. The zero-order valence-corrected chi connectivity index (χ0v) is 21.7. The number of likely N-dealkylation sites (tertiary alicyclic amines) is 1. The van der Waals surface area contributed by atoms with Crippen LogP contribution in [0.15, 0.2) is 72.8 Å². The van der Waals surface area contributed by atoms with E-state index in [4.69, 9.17) is 9.84 Å². The summed E-state index contributed by atoms with van der Waals surface area (Å²) in [5, 5.41) is 10.1. The van der Waals surface area contributed by atoms with E-state index in [0.717, 1.165) is 18.7 Å². The number of nitrogens with zero attached hydrogens (tertiary/aromatic N) is 1. The second-order valence-corrected chi connectivity index (χ2v) is 10.3. The first-order valence-electron chi connectivity index (χ1n) is 12.4. The molecular formula is C30H32LiNO3S. The van der Waals surface area contributed by atoms with Gasteiger partial charge in [-0.2, -0.15) is 0 Å². The second kappa shape index (κ2) is 12.6. The van der Waals surface area contributed by atoms with Gasteiger partial charge in [-0.1, -0.05) is 42.5 Å². The molecule has 1 N–H and O–H groups in total. The van der Waals surface area contributed by atoms with Gasteiger partial charge in [0.05, 0.1) is 6.61 Å². The summed E-state index contributed by atoms with van der Waals surface area (Å²) in [5.74, 6) is -0.0159. The first kappa shape index (κ1) is 26.5. The predicted molar refractivity (Wildman–Crippen MR) is 144 cm³/mol. The van der Waals surface area contributed by atoms with Crippen molar-refractivity contribution < 1.29 is 34.9 Å². The van der Waals surface area contributed by atoms with E-state index in [2.05, 4.69) is 65.6 Å². The van der Waals surface area contributed by atoms with Crippen LogP contribution in [0.2, 0.25) is 0 Å². The van der Waals surface area contributed by atoms with Crippen LogP contribution in [0.3, 0.4) is 0 Å². The van der Waals surface area contributed by atoms with Gasteiger partial charge < -0.3 is 11.3 Å². The average molecular weight is 494 g/mol. The van der Waals surface area contributed by atoms with Crippen molar-refractivity contribution in [3.05, 3.63) is 89.5 Å². The van der Waals surface area contributed by atoms with Crippen molar-refractivity contribution in [1.29, 1.82) is 0 Å². The van der Waals surface area contributed by atoms with Crippen molar-refractivity contribution in [2.45, 2.75) is 38.6 Å². The van der Waals surface area contributed by atoms with Crippen LogP contribution >= 0.6 is 11.3 Å². The molecule has 4 aromatic rings. The molecule has 1 fully saturated rings. The summed E-state index contributed by atoms with van der Waals surface area (Å²) in [5.41, 5.74) is 5.28. The van der Waals surface area contributed by atoms with E-state index in [-0.39, 0.29) is 26.7 Å². The number of hydrogen-bond acceptors (Lipinski definition) is 4. The molecule has 3 aromatic carbocycles. The normalized spacial score (nSPS) is 13.6. The number of thiophene rings is 1. The molecule has 0 saturated carbocycles. The third kappa shape index (κ3) is 6.60. The van der Waals surface area contributed by atoms with Gasteiger partial charge in [0, 0.05) is 22.5 Å². The molecule has 0 unspecified atom stereocenters. The minimum Gasteiger partial charge on any atom is -1.00 e. The molecule has 36 heavy (non-hydrogen) atoms. The van der Waals surface area contributed by atoms with E-state index in [1.54, 1.807) is 0 Å². The van der Waals surface area contributed by atoms with Crippen molar-refractivity contribution in [3.63, 3.8) is 0 Å². The van der Waals surface area contributed by atoms with Crippen LogP contribution in [0.5, 0.6) is 5.75 Å². The largest absolute Gasteiger partial charge is 1.00 e. The number of aliphatic carboxylic acids is 1. The number of fused-ring (bicyclic) bond motifs is 1. The Bertz CT molecular complexity index is 1280. The number of ether oxygens (including phenoxy) is 1. The molecule has 1 aliphatic rings. The quantitative estimate of drug-likeness (QED) is 0.267. The van der Waals surface area contributed by atoms with Gasteiger partial charge in [0.15, 0.2) is 0 Å². The maximum atomic E-state index is 10.7. The summed E-state index contributed by atoms with van der Waals surface area (Å²) in [6.07, 6.45) is 4.18. The topological polar surface area (TPSA) is 49.8 Å². The summed E-state index contributed by atoms with van der Waals surface area (Å²) in [6.45, 7) is 3.90. The number of carboxylic acids is 1. The van der Waals surface area contributed by atoms with Crippen LogP contribution in [-0.2, 0) is 17.8 Å². The van der Waals surface area contributed by atoms with E-state index in [0.29, 0.717) is 13.0 Å². The third-order valence-corrected chi connectivity index (χ3v) is 7.89.